The highest BCUT2D eigenvalue weighted by Gasteiger charge is 2.24. The Labute approximate surface area is 127 Å². The lowest BCUT2D eigenvalue weighted by Crippen LogP contribution is -2.29. The van der Waals surface area contributed by atoms with Crippen molar-refractivity contribution in [1.29, 1.82) is 0 Å². The van der Waals surface area contributed by atoms with Crippen LogP contribution in [0, 0.1) is 6.92 Å². The molecule has 0 bridgehead atoms. The van der Waals surface area contributed by atoms with E-state index in [-0.39, 0.29) is 10.6 Å². The second kappa shape index (κ2) is 6.38. The molecular formula is C14H15NO4S2. The zero-order valence-electron chi connectivity index (χ0n) is 11.3. The van der Waals surface area contributed by atoms with E-state index in [1.165, 1.54) is 6.07 Å². The van der Waals surface area contributed by atoms with Crippen molar-refractivity contribution in [2.24, 2.45) is 0 Å². The third kappa shape index (κ3) is 4.13. The van der Waals surface area contributed by atoms with Crippen molar-refractivity contribution in [2.45, 2.75) is 23.6 Å². The van der Waals surface area contributed by atoms with Crippen LogP contribution in [0.2, 0.25) is 0 Å². The normalized spacial score (nSPS) is 13.0. The lowest BCUT2D eigenvalue weighted by atomic mass is 10.0. The highest BCUT2D eigenvalue weighted by molar-refractivity contribution is 7.91. The van der Waals surface area contributed by atoms with Gasteiger partial charge in [-0.1, -0.05) is 35.9 Å². The molecule has 5 nitrogen and oxygen atoms in total. The minimum atomic E-state index is -3.71. The fourth-order valence-electron chi connectivity index (χ4n) is 1.86. The summed E-state index contributed by atoms with van der Waals surface area (Å²) in [6.07, 6.45) is -0.312. The molecule has 0 saturated heterocycles. The second-order valence-corrected chi connectivity index (χ2v) is 7.50. The monoisotopic (exact) mass is 325 g/mol. The van der Waals surface area contributed by atoms with Gasteiger partial charge in [0, 0.05) is 0 Å². The molecule has 1 atom stereocenters. The van der Waals surface area contributed by atoms with Crippen molar-refractivity contribution in [3.05, 3.63) is 52.9 Å². The lowest BCUT2D eigenvalue weighted by molar-refractivity contribution is -0.137. The van der Waals surface area contributed by atoms with Gasteiger partial charge in [-0.15, -0.1) is 11.3 Å². The van der Waals surface area contributed by atoms with E-state index in [1.54, 1.807) is 23.6 Å². The number of benzene rings is 1. The van der Waals surface area contributed by atoms with E-state index >= 15 is 0 Å². The number of thiophene rings is 1. The quantitative estimate of drug-likeness (QED) is 0.855. The zero-order chi connectivity index (χ0) is 15.5. The molecule has 0 amide bonds. The number of sulfonamides is 1. The van der Waals surface area contributed by atoms with Crippen LogP contribution in [0.4, 0.5) is 0 Å². The first kappa shape index (κ1) is 15.7. The number of carboxylic acid groups (broad SMARTS) is 1. The van der Waals surface area contributed by atoms with Gasteiger partial charge in [0.05, 0.1) is 12.5 Å². The summed E-state index contributed by atoms with van der Waals surface area (Å²) in [4.78, 5) is 11.0. The fourth-order valence-corrected chi connectivity index (χ4v) is 4.10. The van der Waals surface area contributed by atoms with E-state index in [4.69, 9.17) is 5.11 Å². The minimum absolute atomic E-state index is 0.171. The number of carboxylic acids is 1. The predicted octanol–water partition coefficient (Wildman–Crippen LogP) is 2.55. The van der Waals surface area contributed by atoms with Crippen molar-refractivity contribution < 1.29 is 18.3 Å². The summed E-state index contributed by atoms with van der Waals surface area (Å²) in [6.45, 7) is 1.91. The Bertz CT molecular complexity index is 706. The summed E-state index contributed by atoms with van der Waals surface area (Å²) in [7, 11) is -3.71. The largest absolute Gasteiger partial charge is 0.481 e. The van der Waals surface area contributed by atoms with Crippen LogP contribution in [0.3, 0.4) is 0 Å². The zero-order valence-corrected chi connectivity index (χ0v) is 12.9. The Balaban J connectivity index is 2.29. The number of aliphatic carboxylic acids is 1. The third-order valence-electron chi connectivity index (χ3n) is 2.92. The van der Waals surface area contributed by atoms with Crippen molar-refractivity contribution >= 4 is 27.3 Å². The first-order valence-corrected chi connectivity index (χ1v) is 8.59. The predicted molar refractivity (Wildman–Crippen MR) is 80.8 cm³/mol. The number of hydrogen-bond acceptors (Lipinski definition) is 4. The van der Waals surface area contributed by atoms with Crippen molar-refractivity contribution in [3.8, 4) is 0 Å². The molecule has 0 fully saturated rings. The fraction of sp³-hybridized carbons (Fsp3) is 0.214. The molecule has 1 heterocycles. The van der Waals surface area contributed by atoms with Crippen LogP contribution in [0.5, 0.6) is 0 Å². The Morgan fingerprint density at radius 3 is 2.48 bits per heavy atom. The Hall–Kier alpha value is -1.70. The van der Waals surface area contributed by atoms with Crippen molar-refractivity contribution in [3.63, 3.8) is 0 Å². The number of nitrogens with one attached hydrogen (secondary N) is 1. The molecule has 0 aliphatic rings. The summed E-state index contributed by atoms with van der Waals surface area (Å²) in [6, 6.07) is 9.44. The van der Waals surface area contributed by atoms with Gasteiger partial charge in [0.2, 0.25) is 0 Å². The van der Waals surface area contributed by atoms with E-state index in [0.717, 1.165) is 16.9 Å². The number of aryl methyl sites for hydroxylation is 1. The van der Waals surface area contributed by atoms with Gasteiger partial charge in [-0.25, -0.2) is 13.1 Å². The molecule has 7 heteroatoms. The number of hydrogen-bond donors (Lipinski definition) is 2. The third-order valence-corrected chi connectivity index (χ3v) is 5.78. The van der Waals surface area contributed by atoms with Crippen LogP contribution in [0.1, 0.15) is 23.6 Å². The summed E-state index contributed by atoms with van der Waals surface area (Å²) < 4.78 is 27.1. The number of rotatable bonds is 6. The van der Waals surface area contributed by atoms with E-state index in [9.17, 15) is 13.2 Å². The number of carbonyl (C=O) groups is 1. The summed E-state index contributed by atoms with van der Waals surface area (Å²) in [5.74, 6) is -1.06. The Kier molecular flexibility index (Phi) is 4.76. The van der Waals surface area contributed by atoms with Gasteiger partial charge >= 0.3 is 5.97 Å². The van der Waals surface area contributed by atoms with Crippen molar-refractivity contribution in [2.75, 3.05) is 0 Å². The van der Waals surface area contributed by atoms with Gasteiger partial charge in [-0.2, -0.15) is 0 Å². The SMILES string of the molecule is Cc1ccc(C(CC(=O)O)NS(=O)(=O)c2cccs2)cc1. The Morgan fingerprint density at radius 2 is 1.95 bits per heavy atom. The first-order chi connectivity index (χ1) is 9.88. The average Bonchev–Trinajstić information content (AvgIpc) is 2.92. The van der Waals surface area contributed by atoms with Gasteiger partial charge < -0.3 is 5.11 Å². The maximum absolute atomic E-state index is 12.2. The Morgan fingerprint density at radius 1 is 1.29 bits per heavy atom. The standard InChI is InChI=1S/C14H15NO4S2/c1-10-4-6-11(7-5-10)12(9-13(16)17)15-21(18,19)14-3-2-8-20-14/h2-8,12,15H,9H2,1H3,(H,16,17). The molecule has 1 aromatic heterocycles. The molecule has 0 radical (unpaired) electrons. The molecule has 0 saturated carbocycles. The highest BCUT2D eigenvalue weighted by Crippen LogP contribution is 2.23. The molecule has 0 spiro atoms. The second-order valence-electron chi connectivity index (χ2n) is 4.61. The van der Waals surface area contributed by atoms with Gasteiger partial charge in [-0.05, 0) is 23.9 Å². The van der Waals surface area contributed by atoms with Gasteiger partial charge in [0.1, 0.15) is 4.21 Å². The summed E-state index contributed by atoms with van der Waals surface area (Å²) in [5.41, 5.74) is 1.65. The molecular weight excluding hydrogens is 310 g/mol. The van der Waals surface area contributed by atoms with Crippen LogP contribution >= 0.6 is 11.3 Å². The van der Waals surface area contributed by atoms with Crippen molar-refractivity contribution in [1.82, 2.24) is 4.72 Å². The van der Waals surface area contributed by atoms with Gasteiger partial charge in [0.15, 0.2) is 0 Å². The van der Waals surface area contributed by atoms with Crippen LogP contribution in [-0.4, -0.2) is 19.5 Å². The molecule has 2 aromatic rings. The molecule has 2 N–H and O–H groups in total. The maximum atomic E-state index is 12.2. The van der Waals surface area contributed by atoms with Crippen LogP contribution < -0.4 is 4.72 Å². The van der Waals surface area contributed by atoms with E-state index in [0.29, 0.717) is 5.56 Å². The van der Waals surface area contributed by atoms with Crippen LogP contribution in [0.15, 0.2) is 46.0 Å². The molecule has 21 heavy (non-hydrogen) atoms. The lowest BCUT2D eigenvalue weighted by Gasteiger charge is -2.17. The topological polar surface area (TPSA) is 83.5 Å². The molecule has 1 aromatic carbocycles. The molecule has 1 unspecified atom stereocenters. The summed E-state index contributed by atoms with van der Waals surface area (Å²) in [5, 5.41) is 10.7. The van der Waals surface area contributed by atoms with Gasteiger partial charge in [-0.3, -0.25) is 4.79 Å². The molecule has 0 aliphatic heterocycles. The maximum Gasteiger partial charge on any atom is 0.305 e. The summed E-state index contributed by atoms with van der Waals surface area (Å²) >= 11 is 1.09. The van der Waals surface area contributed by atoms with Crippen LogP contribution in [-0.2, 0) is 14.8 Å². The van der Waals surface area contributed by atoms with E-state index in [2.05, 4.69) is 4.72 Å². The van der Waals surface area contributed by atoms with E-state index in [1.807, 2.05) is 19.1 Å². The molecule has 112 valence electrons. The highest BCUT2D eigenvalue weighted by atomic mass is 32.2. The van der Waals surface area contributed by atoms with E-state index < -0.39 is 22.0 Å². The molecule has 2 rings (SSSR count). The van der Waals surface area contributed by atoms with Gasteiger partial charge in [0.25, 0.3) is 10.0 Å². The first-order valence-electron chi connectivity index (χ1n) is 6.22. The average molecular weight is 325 g/mol. The molecule has 0 aliphatic carbocycles. The minimum Gasteiger partial charge on any atom is -0.481 e. The van der Waals surface area contributed by atoms with Crippen LogP contribution in [0.25, 0.3) is 0 Å². The smallest absolute Gasteiger partial charge is 0.305 e.